The summed E-state index contributed by atoms with van der Waals surface area (Å²) >= 11 is 0. The Bertz CT molecular complexity index is 377. The van der Waals surface area contributed by atoms with Crippen molar-refractivity contribution in [2.24, 2.45) is 4.99 Å². The average Bonchev–Trinajstić information content (AvgIpc) is 2.49. The molecule has 0 aromatic rings. The van der Waals surface area contributed by atoms with Gasteiger partial charge in [-0.15, -0.1) is 0 Å². The van der Waals surface area contributed by atoms with E-state index in [0.29, 0.717) is 19.8 Å². The van der Waals surface area contributed by atoms with Crippen LogP contribution in [0.15, 0.2) is 4.99 Å². The summed E-state index contributed by atoms with van der Waals surface area (Å²) in [6.45, 7) is 11.2. The fraction of sp³-hybridized carbons (Fsp3) is 0.800. The Kier molecular flexibility index (Phi) is 7.31. The maximum atomic E-state index is 9.17. The van der Waals surface area contributed by atoms with Crippen molar-refractivity contribution in [3.8, 4) is 12.1 Å². The second kappa shape index (κ2) is 8.74. The normalized spacial score (nSPS) is 28.0. The van der Waals surface area contributed by atoms with E-state index in [2.05, 4.69) is 59.3 Å². The molecule has 0 N–H and O–H groups in total. The smallest absolute Gasteiger partial charge is 0.0927 e. The van der Waals surface area contributed by atoms with Crippen LogP contribution in [0.5, 0.6) is 0 Å². The van der Waals surface area contributed by atoms with Crippen molar-refractivity contribution in [1.82, 2.24) is 14.7 Å². The molecule has 0 aromatic heterocycles. The van der Waals surface area contributed by atoms with Gasteiger partial charge in [-0.05, 0) is 26.0 Å². The quantitative estimate of drug-likeness (QED) is 0.528. The highest BCUT2D eigenvalue weighted by Crippen LogP contribution is 2.30. The van der Waals surface area contributed by atoms with Gasteiger partial charge >= 0.3 is 0 Å². The molecule has 1 saturated heterocycles. The molecule has 0 spiro atoms. The molecule has 116 valence electrons. The van der Waals surface area contributed by atoms with Crippen LogP contribution < -0.4 is 0 Å². The Balaban J connectivity index is 3.21. The first-order valence-electron chi connectivity index (χ1n) is 7.63. The molecular weight excluding hydrogens is 264 g/mol. The maximum absolute atomic E-state index is 9.17. The van der Waals surface area contributed by atoms with Crippen LogP contribution in [0.4, 0.5) is 0 Å². The molecule has 6 nitrogen and oxygen atoms in total. The highest BCUT2D eigenvalue weighted by molar-refractivity contribution is 5.23. The Morgan fingerprint density at radius 2 is 1.24 bits per heavy atom. The van der Waals surface area contributed by atoms with Crippen LogP contribution in [-0.2, 0) is 0 Å². The van der Waals surface area contributed by atoms with Crippen LogP contribution in [0.3, 0.4) is 0 Å². The Labute approximate surface area is 128 Å². The van der Waals surface area contributed by atoms with Gasteiger partial charge in [0.15, 0.2) is 0 Å². The number of rotatable bonds is 7. The predicted octanol–water partition coefficient (Wildman–Crippen LogP) is 1.82. The lowest BCUT2D eigenvalue weighted by molar-refractivity contribution is -0.166. The molecule has 2 unspecified atom stereocenters. The van der Waals surface area contributed by atoms with Gasteiger partial charge in [0.1, 0.15) is 0 Å². The number of aliphatic imine (C=N–C) groups is 1. The van der Waals surface area contributed by atoms with E-state index in [0.717, 1.165) is 19.3 Å². The van der Waals surface area contributed by atoms with E-state index in [4.69, 9.17) is 0 Å². The summed E-state index contributed by atoms with van der Waals surface area (Å²) in [7, 11) is 0. The van der Waals surface area contributed by atoms with Crippen LogP contribution >= 0.6 is 0 Å². The van der Waals surface area contributed by atoms with E-state index >= 15 is 0 Å². The first-order chi connectivity index (χ1) is 10.2. The van der Waals surface area contributed by atoms with Gasteiger partial charge in [-0.1, -0.05) is 20.8 Å². The third-order valence-corrected chi connectivity index (χ3v) is 4.16. The summed E-state index contributed by atoms with van der Waals surface area (Å²) in [5.41, 5.74) is 0. The van der Waals surface area contributed by atoms with Gasteiger partial charge in [0.2, 0.25) is 0 Å². The van der Waals surface area contributed by atoms with E-state index < -0.39 is 0 Å². The van der Waals surface area contributed by atoms with Crippen molar-refractivity contribution >= 4 is 6.72 Å². The van der Waals surface area contributed by atoms with Crippen LogP contribution in [-0.4, -0.2) is 59.7 Å². The molecule has 0 aliphatic carbocycles. The van der Waals surface area contributed by atoms with Gasteiger partial charge in [-0.2, -0.15) is 10.5 Å². The monoisotopic (exact) mass is 290 g/mol. The van der Waals surface area contributed by atoms with E-state index in [1.54, 1.807) is 0 Å². The largest absolute Gasteiger partial charge is 0.285 e. The van der Waals surface area contributed by atoms with Crippen LogP contribution in [0.25, 0.3) is 0 Å². The lowest BCUT2D eigenvalue weighted by Gasteiger charge is -2.56. The summed E-state index contributed by atoms with van der Waals surface area (Å²) in [6, 6.07) is 4.54. The molecule has 2 atom stereocenters. The summed E-state index contributed by atoms with van der Waals surface area (Å²) in [6.07, 6.45) is 3.20. The molecule has 0 bridgehead atoms. The molecular formula is C15H26N6. The SMILES string of the molecule is C=NCN1C(CC)N(CC#N)C(CC)N(CC#N)C1CC. The van der Waals surface area contributed by atoms with Gasteiger partial charge in [0, 0.05) is 0 Å². The van der Waals surface area contributed by atoms with Gasteiger partial charge in [0.05, 0.1) is 50.4 Å². The summed E-state index contributed by atoms with van der Waals surface area (Å²) in [5, 5.41) is 18.3. The first kappa shape index (κ1) is 17.6. The standard InChI is InChI=1S/C15H26N6/c1-5-13-19(10-8-16)14(6-2)21(12-18-4)15(7-3)20(13)11-9-17/h13-15H,4-7,10-12H2,1-3H3. The van der Waals surface area contributed by atoms with Gasteiger partial charge in [-0.3, -0.25) is 19.7 Å². The van der Waals surface area contributed by atoms with Crippen LogP contribution in [0, 0.1) is 22.7 Å². The molecule has 1 rings (SSSR count). The fourth-order valence-corrected chi connectivity index (χ4v) is 3.46. The molecule has 1 aliphatic rings. The third-order valence-electron chi connectivity index (χ3n) is 4.16. The summed E-state index contributed by atoms with van der Waals surface area (Å²) in [5.74, 6) is 0. The van der Waals surface area contributed by atoms with E-state index in [-0.39, 0.29) is 18.5 Å². The van der Waals surface area contributed by atoms with Crippen LogP contribution in [0.2, 0.25) is 0 Å². The molecule has 0 saturated carbocycles. The topological polar surface area (TPSA) is 69.7 Å². The molecule has 21 heavy (non-hydrogen) atoms. The van der Waals surface area contributed by atoms with Gasteiger partial charge < -0.3 is 0 Å². The molecule has 0 radical (unpaired) electrons. The van der Waals surface area contributed by atoms with Crippen molar-refractivity contribution in [2.45, 2.75) is 58.5 Å². The Morgan fingerprint density at radius 3 is 1.52 bits per heavy atom. The molecule has 1 fully saturated rings. The van der Waals surface area contributed by atoms with Crippen molar-refractivity contribution in [3.63, 3.8) is 0 Å². The second-order valence-electron chi connectivity index (χ2n) is 5.21. The van der Waals surface area contributed by atoms with Crippen LogP contribution in [0.1, 0.15) is 40.0 Å². The Morgan fingerprint density at radius 1 is 0.857 bits per heavy atom. The van der Waals surface area contributed by atoms with Crippen molar-refractivity contribution in [1.29, 1.82) is 10.5 Å². The average molecular weight is 290 g/mol. The lowest BCUT2D eigenvalue weighted by atomic mass is 10.1. The molecule has 0 amide bonds. The lowest BCUT2D eigenvalue weighted by Crippen LogP contribution is -2.70. The molecule has 1 heterocycles. The van der Waals surface area contributed by atoms with Gasteiger partial charge in [0.25, 0.3) is 0 Å². The molecule has 1 aliphatic heterocycles. The summed E-state index contributed by atoms with van der Waals surface area (Å²) < 4.78 is 0. The third kappa shape index (κ3) is 3.59. The highest BCUT2D eigenvalue weighted by Gasteiger charge is 2.43. The predicted molar refractivity (Wildman–Crippen MR) is 83.1 cm³/mol. The van der Waals surface area contributed by atoms with E-state index in [1.807, 2.05) is 0 Å². The minimum Gasteiger partial charge on any atom is -0.285 e. The minimum atomic E-state index is 0.125. The first-order valence-corrected chi connectivity index (χ1v) is 7.63. The number of nitrogens with zero attached hydrogens (tertiary/aromatic N) is 6. The fourth-order valence-electron chi connectivity index (χ4n) is 3.46. The van der Waals surface area contributed by atoms with Crippen molar-refractivity contribution in [3.05, 3.63) is 0 Å². The molecule has 6 heteroatoms. The number of hydrogen-bond donors (Lipinski definition) is 0. The minimum absolute atomic E-state index is 0.125. The van der Waals surface area contributed by atoms with Crippen molar-refractivity contribution < 1.29 is 0 Å². The number of nitriles is 2. The Hall–Kier alpha value is -1.47. The zero-order chi connectivity index (χ0) is 15.8. The second-order valence-corrected chi connectivity index (χ2v) is 5.21. The molecule has 0 aromatic carbocycles. The maximum Gasteiger partial charge on any atom is 0.0927 e. The van der Waals surface area contributed by atoms with E-state index in [1.165, 1.54) is 0 Å². The van der Waals surface area contributed by atoms with Crippen molar-refractivity contribution in [2.75, 3.05) is 19.8 Å². The highest BCUT2D eigenvalue weighted by atomic mass is 15.6. The van der Waals surface area contributed by atoms with E-state index in [9.17, 15) is 10.5 Å². The zero-order valence-corrected chi connectivity index (χ0v) is 13.4. The van der Waals surface area contributed by atoms with Gasteiger partial charge in [-0.25, -0.2) is 0 Å². The number of hydrogen-bond acceptors (Lipinski definition) is 6. The summed E-state index contributed by atoms with van der Waals surface area (Å²) in [4.78, 5) is 10.7. The zero-order valence-electron chi connectivity index (χ0n) is 13.4.